The van der Waals surface area contributed by atoms with E-state index in [9.17, 15) is 14.7 Å². The van der Waals surface area contributed by atoms with Gasteiger partial charge in [0.2, 0.25) is 5.91 Å². The van der Waals surface area contributed by atoms with Crippen LogP contribution in [-0.2, 0) is 16.1 Å². The summed E-state index contributed by atoms with van der Waals surface area (Å²) in [5.74, 6) is 0.439. The second-order valence-corrected chi connectivity index (χ2v) is 7.63. The summed E-state index contributed by atoms with van der Waals surface area (Å²) < 4.78 is 10.7. The van der Waals surface area contributed by atoms with Gasteiger partial charge in [0.15, 0.2) is 11.5 Å². The van der Waals surface area contributed by atoms with Crippen molar-refractivity contribution in [3.05, 3.63) is 23.8 Å². The fourth-order valence-corrected chi connectivity index (χ4v) is 3.90. The predicted molar refractivity (Wildman–Crippen MR) is 104 cm³/mol. The lowest BCUT2D eigenvalue weighted by molar-refractivity contribution is -0.126. The molecule has 1 aromatic rings. The average Bonchev–Trinajstić information content (AvgIpc) is 2.74. The highest BCUT2D eigenvalue weighted by molar-refractivity contribution is 5.78. The van der Waals surface area contributed by atoms with E-state index in [4.69, 9.17) is 9.47 Å². The van der Waals surface area contributed by atoms with Crippen LogP contribution in [0.2, 0.25) is 0 Å². The van der Waals surface area contributed by atoms with Crippen LogP contribution in [0, 0.1) is 5.92 Å². The van der Waals surface area contributed by atoms with Crippen molar-refractivity contribution in [2.75, 3.05) is 20.2 Å². The molecule has 1 saturated heterocycles. The van der Waals surface area contributed by atoms with E-state index in [0.29, 0.717) is 12.3 Å². The number of phenols is 1. The van der Waals surface area contributed by atoms with Crippen LogP contribution in [0.1, 0.15) is 50.5 Å². The monoisotopic (exact) mass is 390 g/mol. The summed E-state index contributed by atoms with van der Waals surface area (Å²) in [7, 11) is 1.49. The molecule has 1 saturated carbocycles. The van der Waals surface area contributed by atoms with Gasteiger partial charge in [0.25, 0.3) is 0 Å². The van der Waals surface area contributed by atoms with Gasteiger partial charge in [0.1, 0.15) is 6.10 Å². The number of piperidine rings is 1. The molecule has 0 spiro atoms. The number of nitrogens with one attached hydrogen (secondary N) is 1. The van der Waals surface area contributed by atoms with Gasteiger partial charge >= 0.3 is 6.09 Å². The van der Waals surface area contributed by atoms with Crippen molar-refractivity contribution >= 4 is 12.0 Å². The van der Waals surface area contributed by atoms with E-state index in [-0.39, 0.29) is 29.8 Å². The molecule has 1 aliphatic heterocycles. The number of likely N-dealkylation sites (tertiary alicyclic amines) is 1. The van der Waals surface area contributed by atoms with Crippen LogP contribution in [0.5, 0.6) is 11.5 Å². The van der Waals surface area contributed by atoms with Gasteiger partial charge < -0.3 is 24.8 Å². The standard InChI is InChI=1S/C21H30N2O5/c1-27-19-13-15(5-10-18(19)24)14-22-20(25)16-6-8-17(9-7-16)28-21(26)23-11-3-2-4-12-23/h5,10,13,16-17,24H,2-4,6-9,11-12,14H2,1H3,(H,22,25). The molecule has 1 aliphatic carbocycles. The van der Waals surface area contributed by atoms with Gasteiger partial charge in [-0.15, -0.1) is 0 Å². The molecule has 2 N–H and O–H groups in total. The Labute approximate surface area is 166 Å². The van der Waals surface area contributed by atoms with Gasteiger partial charge in [-0.3, -0.25) is 4.79 Å². The van der Waals surface area contributed by atoms with Crippen molar-refractivity contribution in [3.8, 4) is 11.5 Å². The molecule has 2 aliphatic rings. The van der Waals surface area contributed by atoms with Crippen molar-refractivity contribution in [2.45, 2.75) is 57.6 Å². The minimum atomic E-state index is -0.200. The summed E-state index contributed by atoms with van der Waals surface area (Å²) in [4.78, 5) is 26.5. The molecule has 2 amide bonds. The van der Waals surface area contributed by atoms with Crippen LogP contribution in [0.25, 0.3) is 0 Å². The third kappa shape index (κ3) is 5.30. The summed E-state index contributed by atoms with van der Waals surface area (Å²) >= 11 is 0. The SMILES string of the molecule is COc1cc(CNC(=O)C2CCC(OC(=O)N3CCCCC3)CC2)ccc1O. The first kappa shape index (κ1) is 20.3. The Hall–Kier alpha value is -2.44. The van der Waals surface area contributed by atoms with E-state index >= 15 is 0 Å². The quantitative estimate of drug-likeness (QED) is 0.806. The number of carbonyl (C=O) groups excluding carboxylic acids is 2. The van der Waals surface area contributed by atoms with E-state index in [1.165, 1.54) is 13.5 Å². The van der Waals surface area contributed by atoms with Gasteiger partial charge in [-0.1, -0.05) is 6.07 Å². The lowest BCUT2D eigenvalue weighted by Crippen LogP contribution is -2.40. The smallest absolute Gasteiger partial charge is 0.410 e. The largest absolute Gasteiger partial charge is 0.504 e. The first-order chi connectivity index (χ1) is 13.6. The number of benzene rings is 1. The molecule has 0 unspecified atom stereocenters. The van der Waals surface area contributed by atoms with Gasteiger partial charge in [-0.05, 0) is 62.6 Å². The first-order valence-corrected chi connectivity index (χ1v) is 10.2. The molecule has 1 aromatic carbocycles. The van der Waals surface area contributed by atoms with Crippen molar-refractivity contribution in [1.82, 2.24) is 10.2 Å². The minimum absolute atomic E-state index is 0.0212. The maximum Gasteiger partial charge on any atom is 0.410 e. The summed E-state index contributed by atoms with van der Waals surface area (Å²) in [5, 5.41) is 12.6. The Morgan fingerprint density at radius 1 is 1.14 bits per heavy atom. The van der Waals surface area contributed by atoms with Crippen LogP contribution < -0.4 is 10.1 Å². The number of hydrogen-bond acceptors (Lipinski definition) is 5. The highest BCUT2D eigenvalue weighted by Gasteiger charge is 2.29. The van der Waals surface area contributed by atoms with E-state index in [1.807, 2.05) is 0 Å². The lowest BCUT2D eigenvalue weighted by atomic mass is 9.86. The van der Waals surface area contributed by atoms with Crippen LogP contribution in [0.4, 0.5) is 4.79 Å². The molecule has 0 bridgehead atoms. The van der Waals surface area contributed by atoms with E-state index in [2.05, 4.69) is 5.32 Å². The summed E-state index contributed by atoms with van der Waals surface area (Å²) in [6.07, 6.45) is 5.90. The fourth-order valence-electron chi connectivity index (χ4n) is 3.90. The molecule has 154 valence electrons. The zero-order valence-corrected chi connectivity index (χ0v) is 16.5. The Balaban J connectivity index is 1.40. The number of carbonyl (C=O) groups is 2. The molecule has 28 heavy (non-hydrogen) atoms. The lowest BCUT2D eigenvalue weighted by Gasteiger charge is -2.31. The number of phenolic OH excluding ortho intramolecular Hbond substituents is 1. The number of rotatable bonds is 5. The number of ether oxygens (including phenoxy) is 2. The number of hydrogen-bond donors (Lipinski definition) is 2. The summed E-state index contributed by atoms with van der Waals surface area (Å²) in [5.41, 5.74) is 0.868. The number of amides is 2. The highest BCUT2D eigenvalue weighted by Crippen LogP contribution is 2.28. The van der Waals surface area contributed by atoms with Gasteiger partial charge in [-0.25, -0.2) is 4.79 Å². The van der Waals surface area contributed by atoms with Gasteiger partial charge in [-0.2, -0.15) is 0 Å². The molecule has 1 heterocycles. The molecule has 0 radical (unpaired) electrons. The number of nitrogens with zero attached hydrogens (tertiary/aromatic N) is 1. The van der Waals surface area contributed by atoms with Crippen LogP contribution in [0.15, 0.2) is 18.2 Å². The zero-order chi connectivity index (χ0) is 19.9. The normalized spacial score (nSPS) is 22.4. The Morgan fingerprint density at radius 2 is 1.86 bits per heavy atom. The van der Waals surface area contributed by atoms with Crippen LogP contribution >= 0.6 is 0 Å². The Bertz CT molecular complexity index is 679. The zero-order valence-electron chi connectivity index (χ0n) is 16.5. The molecule has 0 atom stereocenters. The number of methoxy groups -OCH3 is 1. The van der Waals surface area contributed by atoms with Crippen molar-refractivity contribution in [2.24, 2.45) is 5.92 Å². The van der Waals surface area contributed by atoms with E-state index < -0.39 is 0 Å². The van der Waals surface area contributed by atoms with Crippen molar-refractivity contribution in [3.63, 3.8) is 0 Å². The minimum Gasteiger partial charge on any atom is -0.504 e. The number of aromatic hydroxyl groups is 1. The first-order valence-electron chi connectivity index (χ1n) is 10.2. The molecule has 7 nitrogen and oxygen atoms in total. The molecule has 2 fully saturated rings. The third-order valence-corrected chi connectivity index (χ3v) is 5.64. The summed E-state index contributed by atoms with van der Waals surface area (Å²) in [6, 6.07) is 5.03. The maximum atomic E-state index is 12.5. The van der Waals surface area contributed by atoms with Gasteiger partial charge in [0.05, 0.1) is 7.11 Å². The second-order valence-electron chi connectivity index (χ2n) is 7.63. The topological polar surface area (TPSA) is 88.1 Å². The summed E-state index contributed by atoms with van der Waals surface area (Å²) in [6.45, 7) is 1.97. The Morgan fingerprint density at radius 3 is 2.54 bits per heavy atom. The van der Waals surface area contributed by atoms with E-state index in [1.54, 1.807) is 23.1 Å². The van der Waals surface area contributed by atoms with Crippen LogP contribution in [-0.4, -0.2) is 48.3 Å². The van der Waals surface area contributed by atoms with E-state index in [0.717, 1.165) is 57.2 Å². The predicted octanol–water partition coefficient (Wildman–Crippen LogP) is 3.20. The third-order valence-electron chi connectivity index (χ3n) is 5.64. The highest BCUT2D eigenvalue weighted by atomic mass is 16.6. The molecular weight excluding hydrogens is 360 g/mol. The fraction of sp³-hybridized carbons (Fsp3) is 0.619. The average molecular weight is 390 g/mol. The molecule has 7 heteroatoms. The molecule has 3 rings (SSSR count). The van der Waals surface area contributed by atoms with Crippen molar-refractivity contribution < 1.29 is 24.2 Å². The van der Waals surface area contributed by atoms with Crippen LogP contribution in [0.3, 0.4) is 0 Å². The second kappa shape index (κ2) is 9.66. The Kier molecular flexibility index (Phi) is 7.01. The molecular formula is C21H30N2O5. The van der Waals surface area contributed by atoms with Gasteiger partial charge in [0, 0.05) is 25.6 Å². The molecule has 0 aromatic heterocycles. The van der Waals surface area contributed by atoms with Crippen molar-refractivity contribution in [1.29, 1.82) is 0 Å². The maximum absolute atomic E-state index is 12.5.